The second-order valence-corrected chi connectivity index (χ2v) is 4.84. The third-order valence-corrected chi connectivity index (χ3v) is 3.21. The van der Waals surface area contributed by atoms with Gasteiger partial charge in [0.25, 0.3) is 5.91 Å². The molecule has 2 heterocycles. The van der Waals surface area contributed by atoms with Gasteiger partial charge >= 0.3 is 0 Å². The summed E-state index contributed by atoms with van der Waals surface area (Å²) in [4.78, 5) is 21.7. The minimum absolute atomic E-state index is 0.193. The van der Waals surface area contributed by atoms with E-state index in [1.54, 1.807) is 0 Å². The van der Waals surface area contributed by atoms with Gasteiger partial charge in [-0.3, -0.25) is 4.79 Å². The Balaban J connectivity index is 2.26. The van der Waals surface area contributed by atoms with Crippen LogP contribution < -0.4 is 10.6 Å². The lowest BCUT2D eigenvalue weighted by Gasteiger charge is -2.37. The number of anilines is 1. The van der Waals surface area contributed by atoms with Gasteiger partial charge in [0, 0.05) is 18.3 Å². The Bertz CT molecular complexity index is 457. The van der Waals surface area contributed by atoms with Crippen molar-refractivity contribution in [2.75, 3.05) is 18.0 Å². The molecule has 0 radical (unpaired) electrons. The number of hydrogen-bond acceptors (Lipinski definition) is 5. The van der Waals surface area contributed by atoms with E-state index in [0.29, 0.717) is 18.7 Å². The van der Waals surface area contributed by atoms with Crippen molar-refractivity contribution in [2.24, 2.45) is 5.73 Å². The van der Waals surface area contributed by atoms with Gasteiger partial charge in [0.1, 0.15) is 11.6 Å². The topological polar surface area (TPSA) is 92.3 Å². The fourth-order valence-corrected chi connectivity index (χ4v) is 2.29. The predicted octanol–water partition coefficient (Wildman–Crippen LogP) is -0.0900. The number of aliphatic hydroxyl groups is 1. The minimum Gasteiger partial charge on any atom is -0.378 e. The number of piperidine rings is 1. The zero-order chi connectivity index (χ0) is 13.3. The average molecular weight is 250 g/mol. The number of carbonyl (C=O) groups is 1. The zero-order valence-corrected chi connectivity index (χ0v) is 10.7. The van der Waals surface area contributed by atoms with Crippen LogP contribution in [0.25, 0.3) is 0 Å². The molecule has 1 aliphatic heterocycles. The molecule has 1 aliphatic rings. The van der Waals surface area contributed by atoms with Gasteiger partial charge in [-0.25, -0.2) is 9.97 Å². The lowest BCUT2D eigenvalue weighted by Crippen LogP contribution is -2.56. The van der Waals surface area contributed by atoms with E-state index in [1.165, 1.54) is 0 Å². The summed E-state index contributed by atoms with van der Waals surface area (Å²) in [5.74, 6) is 0.743. The monoisotopic (exact) mass is 250 g/mol. The molecule has 98 valence electrons. The summed E-state index contributed by atoms with van der Waals surface area (Å²) in [7, 11) is 0. The molecule has 0 aliphatic carbocycles. The Morgan fingerprint density at radius 1 is 1.50 bits per heavy atom. The maximum Gasteiger partial charge on any atom is 0.251 e. The first-order valence-electron chi connectivity index (χ1n) is 6.00. The van der Waals surface area contributed by atoms with Crippen LogP contribution in [0.4, 0.5) is 5.82 Å². The van der Waals surface area contributed by atoms with Crippen LogP contribution in [0.2, 0.25) is 0 Å². The van der Waals surface area contributed by atoms with Gasteiger partial charge in [0.05, 0.1) is 6.54 Å². The average Bonchev–Trinajstić information content (AvgIpc) is 2.27. The Hall–Kier alpha value is -1.69. The highest BCUT2D eigenvalue weighted by Gasteiger charge is 2.39. The van der Waals surface area contributed by atoms with E-state index < -0.39 is 11.5 Å². The molecule has 1 saturated heterocycles. The standard InChI is InChI=1S/C12H18N4O2/c1-8-6-10(15-9(2)14-8)16-5-3-4-12(18,7-16)11(13)17/h6,18H,3-5,7H2,1-2H3,(H2,13,17)/t12-/m1/s1. The van der Waals surface area contributed by atoms with Gasteiger partial charge in [-0.15, -0.1) is 0 Å². The number of hydrogen-bond donors (Lipinski definition) is 2. The number of aryl methyl sites for hydroxylation is 2. The Kier molecular flexibility index (Phi) is 3.21. The van der Waals surface area contributed by atoms with Crippen molar-refractivity contribution >= 4 is 11.7 Å². The molecular weight excluding hydrogens is 232 g/mol. The molecule has 3 N–H and O–H groups in total. The molecule has 0 spiro atoms. The molecule has 1 aromatic heterocycles. The zero-order valence-electron chi connectivity index (χ0n) is 10.7. The van der Waals surface area contributed by atoms with Crippen molar-refractivity contribution in [3.63, 3.8) is 0 Å². The van der Waals surface area contributed by atoms with E-state index in [2.05, 4.69) is 9.97 Å². The highest BCUT2D eigenvalue weighted by atomic mass is 16.3. The number of β-amino-alcohol motifs (C(OH)–C–C–N with tert-alkyl or cyclic N) is 1. The number of nitrogens with two attached hydrogens (primary N) is 1. The van der Waals surface area contributed by atoms with Crippen molar-refractivity contribution in [3.05, 3.63) is 17.6 Å². The van der Waals surface area contributed by atoms with E-state index >= 15 is 0 Å². The number of nitrogens with zero attached hydrogens (tertiary/aromatic N) is 3. The molecule has 2 rings (SSSR count). The molecule has 1 atom stereocenters. The van der Waals surface area contributed by atoms with E-state index in [9.17, 15) is 9.90 Å². The van der Waals surface area contributed by atoms with Crippen LogP contribution in [0.5, 0.6) is 0 Å². The van der Waals surface area contributed by atoms with Crippen LogP contribution in [0, 0.1) is 13.8 Å². The fraction of sp³-hybridized carbons (Fsp3) is 0.583. The van der Waals surface area contributed by atoms with Gasteiger partial charge in [0.15, 0.2) is 5.60 Å². The normalized spacial score (nSPS) is 24.1. The van der Waals surface area contributed by atoms with E-state index in [-0.39, 0.29) is 6.54 Å². The second kappa shape index (κ2) is 4.53. The highest BCUT2D eigenvalue weighted by molar-refractivity contribution is 5.84. The Labute approximate surface area is 106 Å². The third-order valence-electron chi connectivity index (χ3n) is 3.21. The summed E-state index contributed by atoms with van der Waals surface area (Å²) < 4.78 is 0. The molecule has 18 heavy (non-hydrogen) atoms. The van der Waals surface area contributed by atoms with Gasteiger partial charge < -0.3 is 15.7 Å². The maximum atomic E-state index is 11.3. The number of carbonyl (C=O) groups excluding carboxylic acids is 1. The lowest BCUT2D eigenvalue weighted by molar-refractivity contribution is -0.137. The van der Waals surface area contributed by atoms with Gasteiger partial charge in [-0.05, 0) is 26.7 Å². The minimum atomic E-state index is -1.45. The van der Waals surface area contributed by atoms with Crippen LogP contribution in [0.15, 0.2) is 6.07 Å². The summed E-state index contributed by atoms with van der Waals surface area (Å²) >= 11 is 0. The summed E-state index contributed by atoms with van der Waals surface area (Å²) in [6.07, 6.45) is 1.11. The number of amides is 1. The fourth-order valence-electron chi connectivity index (χ4n) is 2.29. The Morgan fingerprint density at radius 3 is 2.83 bits per heavy atom. The molecule has 6 nitrogen and oxygen atoms in total. The first-order chi connectivity index (χ1) is 8.40. The molecule has 0 bridgehead atoms. The highest BCUT2D eigenvalue weighted by Crippen LogP contribution is 2.25. The quantitative estimate of drug-likeness (QED) is 0.765. The van der Waals surface area contributed by atoms with Crippen LogP contribution in [-0.2, 0) is 4.79 Å². The summed E-state index contributed by atoms with van der Waals surface area (Å²) in [5.41, 5.74) is 4.67. The Morgan fingerprint density at radius 2 is 2.22 bits per heavy atom. The van der Waals surface area contributed by atoms with Crippen molar-refractivity contribution < 1.29 is 9.90 Å². The number of aromatic nitrogens is 2. The van der Waals surface area contributed by atoms with Crippen molar-refractivity contribution in [1.82, 2.24) is 9.97 Å². The molecule has 1 fully saturated rings. The van der Waals surface area contributed by atoms with Crippen molar-refractivity contribution in [1.29, 1.82) is 0 Å². The van der Waals surface area contributed by atoms with Gasteiger partial charge in [-0.1, -0.05) is 0 Å². The van der Waals surface area contributed by atoms with Gasteiger partial charge in [-0.2, -0.15) is 0 Å². The molecule has 0 aromatic carbocycles. The third kappa shape index (κ3) is 2.43. The van der Waals surface area contributed by atoms with Crippen molar-refractivity contribution in [3.8, 4) is 0 Å². The summed E-state index contributed by atoms with van der Waals surface area (Å²) in [6.45, 7) is 4.66. The molecule has 0 saturated carbocycles. The predicted molar refractivity (Wildman–Crippen MR) is 67.1 cm³/mol. The smallest absolute Gasteiger partial charge is 0.251 e. The van der Waals surface area contributed by atoms with Crippen LogP contribution in [0.3, 0.4) is 0 Å². The maximum absolute atomic E-state index is 11.3. The first kappa shape index (κ1) is 12.8. The number of primary amides is 1. The van der Waals surface area contributed by atoms with Gasteiger partial charge in [0.2, 0.25) is 0 Å². The summed E-state index contributed by atoms with van der Waals surface area (Å²) in [6, 6.07) is 1.85. The molecule has 6 heteroatoms. The number of rotatable bonds is 2. The van der Waals surface area contributed by atoms with E-state index in [4.69, 9.17) is 5.73 Å². The van der Waals surface area contributed by atoms with Crippen molar-refractivity contribution in [2.45, 2.75) is 32.3 Å². The summed E-state index contributed by atoms with van der Waals surface area (Å²) in [5, 5.41) is 10.2. The largest absolute Gasteiger partial charge is 0.378 e. The van der Waals surface area contributed by atoms with Crippen LogP contribution >= 0.6 is 0 Å². The second-order valence-electron chi connectivity index (χ2n) is 4.84. The van der Waals surface area contributed by atoms with E-state index in [1.807, 2.05) is 24.8 Å². The first-order valence-corrected chi connectivity index (χ1v) is 6.00. The lowest BCUT2D eigenvalue weighted by atomic mass is 9.92. The SMILES string of the molecule is Cc1cc(N2CCC[C@](O)(C(N)=O)C2)nc(C)n1. The van der Waals surface area contributed by atoms with Crippen LogP contribution in [0.1, 0.15) is 24.4 Å². The van der Waals surface area contributed by atoms with Crippen LogP contribution in [-0.4, -0.2) is 39.7 Å². The molecule has 1 aromatic rings. The van der Waals surface area contributed by atoms with E-state index in [0.717, 1.165) is 18.1 Å². The molecule has 0 unspecified atom stereocenters. The molecular formula is C12H18N4O2. The molecule has 1 amide bonds.